The number of carbonyl (C=O) groups is 1. The van der Waals surface area contributed by atoms with Gasteiger partial charge in [-0.1, -0.05) is 24.3 Å². The van der Waals surface area contributed by atoms with E-state index in [0.717, 1.165) is 18.3 Å². The fraction of sp³-hybridized carbons (Fsp3) is 0.308. The normalized spacial score (nSPS) is 23.8. The quantitative estimate of drug-likeness (QED) is 0.608. The van der Waals surface area contributed by atoms with Crippen molar-refractivity contribution in [3.8, 4) is 0 Å². The van der Waals surface area contributed by atoms with Crippen LogP contribution in [0.4, 0.5) is 0 Å². The highest BCUT2D eigenvalue weighted by atomic mass is 32.2. The summed E-state index contributed by atoms with van der Waals surface area (Å²) in [5, 5.41) is 0. The van der Waals surface area contributed by atoms with E-state index in [-0.39, 0.29) is 11.8 Å². The summed E-state index contributed by atoms with van der Waals surface area (Å²) in [6.45, 7) is 0. The van der Waals surface area contributed by atoms with Crippen molar-refractivity contribution in [2.24, 2.45) is 5.92 Å². The average molecular weight is 250 g/mol. The fourth-order valence-electron chi connectivity index (χ4n) is 2.04. The van der Waals surface area contributed by atoms with Crippen LogP contribution in [0, 0.1) is 5.92 Å². The second kappa shape index (κ2) is 4.45. The number of aldehydes is 1. The highest BCUT2D eigenvalue weighted by molar-refractivity contribution is 7.90. The monoisotopic (exact) mass is 250 g/mol. The Kier molecular flexibility index (Phi) is 3.15. The van der Waals surface area contributed by atoms with Crippen LogP contribution in [0.3, 0.4) is 0 Å². The van der Waals surface area contributed by atoms with E-state index >= 15 is 0 Å². The minimum Gasteiger partial charge on any atom is -0.303 e. The molecule has 0 bridgehead atoms. The van der Waals surface area contributed by atoms with Gasteiger partial charge in [-0.05, 0) is 24.1 Å². The van der Waals surface area contributed by atoms with E-state index in [1.165, 1.54) is 6.26 Å². The molecule has 0 N–H and O–H groups in total. The highest BCUT2D eigenvalue weighted by Gasteiger charge is 2.19. The van der Waals surface area contributed by atoms with E-state index in [1.54, 1.807) is 12.1 Å². The van der Waals surface area contributed by atoms with Crippen molar-refractivity contribution in [1.82, 2.24) is 0 Å². The third-order valence-electron chi connectivity index (χ3n) is 3.03. The molecule has 0 saturated heterocycles. The summed E-state index contributed by atoms with van der Waals surface area (Å²) in [5.74, 6) is 0.216. The molecule has 2 rings (SSSR count). The zero-order chi connectivity index (χ0) is 12.5. The Bertz CT molecular complexity index is 541. The van der Waals surface area contributed by atoms with Crippen molar-refractivity contribution in [2.75, 3.05) is 6.26 Å². The molecule has 0 radical (unpaired) electrons. The first-order chi connectivity index (χ1) is 8.00. The molecular weight excluding hydrogens is 236 g/mol. The summed E-state index contributed by atoms with van der Waals surface area (Å²) < 4.78 is 22.6. The maximum Gasteiger partial charge on any atom is 0.175 e. The Labute approximate surface area is 101 Å². The zero-order valence-corrected chi connectivity index (χ0v) is 10.4. The van der Waals surface area contributed by atoms with Crippen LogP contribution in [0.15, 0.2) is 41.3 Å². The topological polar surface area (TPSA) is 51.2 Å². The lowest BCUT2D eigenvalue weighted by Gasteiger charge is -2.09. The van der Waals surface area contributed by atoms with E-state index in [0.29, 0.717) is 4.90 Å². The summed E-state index contributed by atoms with van der Waals surface area (Å²) >= 11 is 0. The van der Waals surface area contributed by atoms with E-state index < -0.39 is 9.84 Å². The van der Waals surface area contributed by atoms with Gasteiger partial charge in [0, 0.05) is 18.1 Å². The number of hydrogen-bond acceptors (Lipinski definition) is 3. The standard InChI is InChI=1S/C13H14O3S/c1-17(15,16)13-6-4-11(5-7-13)12-3-2-10(8-12)9-14/h2-7,9-10,12H,8H2,1H3. The molecule has 90 valence electrons. The van der Waals surface area contributed by atoms with E-state index in [1.807, 2.05) is 24.3 Å². The van der Waals surface area contributed by atoms with Gasteiger partial charge in [-0.25, -0.2) is 8.42 Å². The molecule has 1 aromatic rings. The van der Waals surface area contributed by atoms with Crippen LogP contribution in [-0.2, 0) is 14.6 Å². The van der Waals surface area contributed by atoms with Gasteiger partial charge in [0.2, 0.25) is 0 Å². The summed E-state index contributed by atoms with van der Waals surface area (Å²) in [4.78, 5) is 11.0. The van der Waals surface area contributed by atoms with Gasteiger partial charge in [0.05, 0.1) is 4.90 Å². The molecule has 0 fully saturated rings. The number of benzene rings is 1. The number of carbonyl (C=O) groups excluding carboxylic acids is 1. The average Bonchev–Trinajstić information content (AvgIpc) is 2.76. The molecule has 17 heavy (non-hydrogen) atoms. The first-order valence-electron chi connectivity index (χ1n) is 5.44. The first-order valence-corrected chi connectivity index (χ1v) is 7.33. The number of allylic oxidation sites excluding steroid dienone is 2. The molecule has 0 aliphatic heterocycles. The predicted molar refractivity (Wildman–Crippen MR) is 65.6 cm³/mol. The Hall–Kier alpha value is -1.42. The maximum absolute atomic E-state index is 11.3. The van der Waals surface area contributed by atoms with Crippen LogP contribution in [-0.4, -0.2) is 21.0 Å². The van der Waals surface area contributed by atoms with Crippen molar-refractivity contribution >= 4 is 16.1 Å². The molecule has 2 atom stereocenters. The summed E-state index contributed by atoms with van der Waals surface area (Å²) in [5.41, 5.74) is 1.05. The molecule has 1 aliphatic rings. The first kappa shape index (κ1) is 12.0. The van der Waals surface area contributed by atoms with E-state index in [4.69, 9.17) is 0 Å². The molecule has 0 amide bonds. The van der Waals surface area contributed by atoms with Crippen molar-refractivity contribution in [3.05, 3.63) is 42.0 Å². The maximum atomic E-state index is 11.3. The van der Waals surface area contributed by atoms with Crippen LogP contribution >= 0.6 is 0 Å². The Morgan fingerprint density at radius 1 is 1.18 bits per heavy atom. The molecule has 2 unspecified atom stereocenters. The lowest BCUT2D eigenvalue weighted by atomic mass is 9.96. The summed E-state index contributed by atoms with van der Waals surface area (Å²) in [6.07, 6.45) is 6.83. The van der Waals surface area contributed by atoms with Gasteiger partial charge in [-0.2, -0.15) is 0 Å². The number of sulfone groups is 1. The second-order valence-corrected chi connectivity index (χ2v) is 6.38. The van der Waals surface area contributed by atoms with Crippen LogP contribution in [0.5, 0.6) is 0 Å². The predicted octanol–water partition coefficient (Wildman–Crippen LogP) is 1.95. The molecular formula is C13H14O3S. The molecule has 3 nitrogen and oxygen atoms in total. The molecule has 0 aromatic heterocycles. The van der Waals surface area contributed by atoms with Gasteiger partial charge in [0.15, 0.2) is 9.84 Å². The molecule has 0 heterocycles. The second-order valence-electron chi connectivity index (χ2n) is 4.37. The van der Waals surface area contributed by atoms with Crippen LogP contribution in [0.1, 0.15) is 17.9 Å². The largest absolute Gasteiger partial charge is 0.303 e. The van der Waals surface area contributed by atoms with Crippen LogP contribution in [0.2, 0.25) is 0 Å². The lowest BCUT2D eigenvalue weighted by Crippen LogP contribution is -2.00. The van der Waals surface area contributed by atoms with Crippen molar-refractivity contribution in [2.45, 2.75) is 17.2 Å². The molecule has 1 aromatic carbocycles. The Morgan fingerprint density at radius 3 is 2.29 bits per heavy atom. The van der Waals surface area contributed by atoms with Crippen molar-refractivity contribution in [1.29, 1.82) is 0 Å². The summed E-state index contributed by atoms with van der Waals surface area (Å²) in [6, 6.07) is 6.87. The number of hydrogen-bond donors (Lipinski definition) is 0. The van der Waals surface area contributed by atoms with Gasteiger partial charge in [0.25, 0.3) is 0 Å². The third kappa shape index (κ3) is 2.64. The van der Waals surface area contributed by atoms with E-state index in [2.05, 4.69) is 0 Å². The van der Waals surface area contributed by atoms with Crippen molar-refractivity contribution < 1.29 is 13.2 Å². The molecule has 0 spiro atoms. The minimum absolute atomic E-state index is 0.00501. The Morgan fingerprint density at radius 2 is 1.82 bits per heavy atom. The lowest BCUT2D eigenvalue weighted by molar-refractivity contribution is -0.109. The van der Waals surface area contributed by atoms with Crippen LogP contribution in [0.25, 0.3) is 0 Å². The van der Waals surface area contributed by atoms with Gasteiger partial charge in [0.1, 0.15) is 6.29 Å². The van der Waals surface area contributed by atoms with Gasteiger partial charge >= 0.3 is 0 Å². The SMILES string of the molecule is CS(=O)(=O)c1ccc(C2C=CC(C=O)C2)cc1. The van der Waals surface area contributed by atoms with E-state index in [9.17, 15) is 13.2 Å². The van der Waals surface area contributed by atoms with Gasteiger partial charge in [-0.3, -0.25) is 0 Å². The smallest absolute Gasteiger partial charge is 0.175 e. The van der Waals surface area contributed by atoms with Crippen molar-refractivity contribution in [3.63, 3.8) is 0 Å². The van der Waals surface area contributed by atoms with Gasteiger partial charge in [-0.15, -0.1) is 0 Å². The third-order valence-corrected chi connectivity index (χ3v) is 4.16. The molecule has 1 aliphatic carbocycles. The number of rotatable bonds is 3. The van der Waals surface area contributed by atoms with Gasteiger partial charge < -0.3 is 4.79 Å². The summed E-state index contributed by atoms with van der Waals surface area (Å²) in [7, 11) is -3.13. The zero-order valence-electron chi connectivity index (χ0n) is 9.54. The highest BCUT2D eigenvalue weighted by Crippen LogP contribution is 2.31. The Balaban J connectivity index is 2.20. The minimum atomic E-state index is -3.13. The molecule has 0 saturated carbocycles. The molecule has 4 heteroatoms. The van der Waals surface area contributed by atoms with Crippen LogP contribution < -0.4 is 0 Å². The fourth-order valence-corrected chi connectivity index (χ4v) is 2.67.